The van der Waals surface area contributed by atoms with Gasteiger partial charge in [-0.2, -0.15) is 0 Å². The van der Waals surface area contributed by atoms with Crippen LogP contribution >= 0.6 is 0 Å². The molecule has 0 fully saturated rings. The van der Waals surface area contributed by atoms with Gasteiger partial charge in [0.15, 0.2) is 0 Å². The second-order valence-electron chi connectivity index (χ2n) is 8.48. The Bertz CT molecular complexity index is 1430. The summed E-state index contributed by atoms with van der Waals surface area (Å²) in [5.41, 5.74) is 6.34. The first-order chi connectivity index (χ1) is 15.9. The fraction of sp³-hybridized carbons (Fsp3) is 0.185. The lowest BCUT2D eigenvalue weighted by atomic mass is 9.94. The zero-order valence-corrected chi connectivity index (χ0v) is 18.5. The van der Waals surface area contributed by atoms with Gasteiger partial charge < -0.3 is 9.30 Å². The summed E-state index contributed by atoms with van der Waals surface area (Å²) in [6.45, 7) is 4.71. The van der Waals surface area contributed by atoms with Crippen molar-refractivity contribution in [1.29, 1.82) is 0 Å². The van der Waals surface area contributed by atoms with Crippen molar-refractivity contribution in [3.05, 3.63) is 88.6 Å². The molecule has 1 aromatic heterocycles. The summed E-state index contributed by atoms with van der Waals surface area (Å²) in [6.07, 6.45) is 1.85. The van der Waals surface area contributed by atoms with Gasteiger partial charge in [0, 0.05) is 28.5 Å². The smallest absolute Gasteiger partial charge is 0.337 e. The number of carbonyl (C=O) groups is 1. The predicted octanol–water partition coefficient (Wildman–Crippen LogP) is 6.42. The molecule has 166 valence electrons. The third kappa shape index (κ3) is 3.52. The van der Waals surface area contributed by atoms with Crippen LogP contribution in [0.5, 0.6) is 0 Å². The van der Waals surface area contributed by atoms with E-state index in [0.717, 1.165) is 39.0 Å². The zero-order valence-electron chi connectivity index (χ0n) is 18.5. The maximum absolute atomic E-state index is 14.7. The summed E-state index contributed by atoms with van der Waals surface area (Å²) in [5, 5.41) is 0.925. The highest BCUT2D eigenvalue weighted by Gasteiger charge is 2.25. The van der Waals surface area contributed by atoms with Gasteiger partial charge in [0.25, 0.3) is 0 Å². The van der Waals surface area contributed by atoms with Crippen LogP contribution in [0.25, 0.3) is 27.7 Å². The molecule has 0 bridgehead atoms. The Morgan fingerprint density at radius 1 is 1.03 bits per heavy atom. The van der Waals surface area contributed by atoms with Gasteiger partial charge in [0.2, 0.25) is 0 Å². The van der Waals surface area contributed by atoms with Gasteiger partial charge in [-0.1, -0.05) is 13.8 Å². The van der Waals surface area contributed by atoms with Gasteiger partial charge in [0.05, 0.1) is 24.7 Å². The molecule has 0 radical (unpaired) electrons. The van der Waals surface area contributed by atoms with E-state index < -0.39 is 11.8 Å². The number of methoxy groups -OCH3 is 1. The van der Waals surface area contributed by atoms with E-state index in [4.69, 9.17) is 4.74 Å². The Morgan fingerprint density at radius 2 is 1.79 bits per heavy atom. The van der Waals surface area contributed by atoms with Gasteiger partial charge >= 0.3 is 5.97 Å². The van der Waals surface area contributed by atoms with Crippen molar-refractivity contribution in [1.82, 2.24) is 4.57 Å². The number of halogens is 2. The maximum atomic E-state index is 14.7. The molecule has 1 aliphatic rings. The summed E-state index contributed by atoms with van der Waals surface area (Å²) in [6, 6.07) is 14.8. The van der Waals surface area contributed by atoms with E-state index in [0.29, 0.717) is 12.1 Å². The van der Waals surface area contributed by atoms with Crippen molar-refractivity contribution in [3.63, 3.8) is 0 Å². The van der Waals surface area contributed by atoms with Crippen LogP contribution in [-0.4, -0.2) is 23.9 Å². The second-order valence-corrected chi connectivity index (χ2v) is 8.48. The summed E-state index contributed by atoms with van der Waals surface area (Å²) in [4.78, 5) is 16.6. The first-order valence-electron chi connectivity index (χ1n) is 10.7. The number of nitrogens with zero attached hydrogens (tertiary/aromatic N) is 2. The van der Waals surface area contributed by atoms with Crippen LogP contribution in [0.15, 0.2) is 59.6 Å². The molecule has 0 aliphatic carbocycles. The minimum absolute atomic E-state index is 0.0470. The molecule has 4 aromatic rings. The van der Waals surface area contributed by atoms with Gasteiger partial charge in [-0.25, -0.2) is 13.6 Å². The van der Waals surface area contributed by atoms with Crippen LogP contribution in [-0.2, 0) is 11.3 Å². The molecule has 0 spiro atoms. The molecular formula is C27H22F2N2O2. The Kier molecular flexibility index (Phi) is 5.08. The second kappa shape index (κ2) is 7.96. The van der Waals surface area contributed by atoms with Crippen LogP contribution in [0.3, 0.4) is 0 Å². The van der Waals surface area contributed by atoms with Crippen molar-refractivity contribution in [2.24, 2.45) is 4.99 Å². The summed E-state index contributed by atoms with van der Waals surface area (Å²) >= 11 is 0. The van der Waals surface area contributed by atoms with E-state index in [1.165, 1.54) is 31.4 Å². The summed E-state index contributed by atoms with van der Waals surface area (Å²) in [7, 11) is 1.27. The van der Waals surface area contributed by atoms with Gasteiger partial charge in [0.1, 0.15) is 11.6 Å². The summed E-state index contributed by atoms with van der Waals surface area (Å²) in [5.74, 6) is -1.39. The number of fused-ring (bicyclic) bond motifs is 2. The predicted molar refractivity (Wildman–Crippen MR) is 125 cm³/mol. The SMILES string of the molecule is COC(=O)c1cc(F)cc(-c2c(C(C)C)n(-c3ccc(F)cc3)c3cc4c(cc23)CN=C4)c1. The van der Waals surface area contributed by atoms with Crippen molar-refractivity contribution >= 4 is 23.1 Å². The van der Waals surface area contributed by atoms with Crippen LogP contribution in [0.1, 0.15) is 46.9 Å². The molecule has 6 heteroatoms. The van der Waals surface area contributed by atoms with Crippen molar-refractivity contribution in [3.8, 4) is 16.8 Å². The third-order valence-corrected chi connectivity index (χ3v) is 6.00. The molecule has 5 rings (SSSR count). The van der Waals surface area contributed by atoms with E-state index >= 15 is 0 Å². The van der Waals surface area contributed by atoms with E-state index in [1.807, 2.05) is 6.21 Å². The molecule has 2 heterocycles. The molecule has 0 atom stereocenters. The topological polar surface area (TPSA) is 43.6 Å². The molecule has 3 aromatic carbocycles. The fourth-order valence-corrected chi connectivity index (χ4v) is 4.60. The number of aromatic nitrogens is 1. The normalized spacial score (nSPS) is 12.5. The molecule has 0 saturated heterocycles. The number of esters is 1. The minimum Gasteiger partial charge on any atom is -0.465 e. The lowest BCUT2D eigenvalue weighted by Crippen LogP contribution is -2.05. The standard InChI is InChI=1S/C27H22F2N2O2/c1-15(2)26-25(16-8-17(27(32)33-3)10-21(29)9-16)23-11-18-13-30-14-19(18)12-24(23)31(26)22-6-4-20(28)5-7-22/h4-12,14-15H,13H2,1-3H3. The molecule has 4 nitrogen and oxygen atoms in total. The van der Waals surface area contributed by atoms with Gasteiger partial charge in [-0.05, 0) is 77.2 Å². The van der Waals surface area contributed by atoms with Gasteiger partial charge in [-0.3, -0.25) is 4.99 Å². The molecule has 1 aliphatic heterocycles. The quantitative estimate of drug-likeness (QED) is 0.341. The number of carbonyl (C=O) groups excluding carboxylic acids is 1. The molecule has 33 heavy (non-hydrogen) atoms. The monoisotopic (exact) mass is 444 g/mol. The third-order valence-electron chi connectivity index (χ3n) is 6.00. The van der Waals surface area contributed by atoms with E-state index in [9.17, 15) is 13.6 Å². The fourth-order valence-electron chi connectivity index (χ4n) is 4.60. The van der Waals surface area contributed by atoms with E-state index in [2.05, 4.69) is 35.5 Å². The first kappa shape index (κ1) is 21.1. The Hall–Kier alpha value is -3.80. The average Bonchev–Trinajstić information content (AvgIpc) is 3.39. The largest absolute Gasteiger partial charge is 0.465 e. The Balaban J connectivity index is 1.90. The Labute approximate surface area is 190 Å². The number of hydrogen-bond donors (Lipinski definition) is 0. The molecule has 0 unspecified atom stereocenters. The van der Waals surface area contributed by atoms with E-state index in [1.54, 1.807) is 18.2 Å². The Morgan fingerprint density at radius 3 is 2.48 bits per heavy atom. The first-order valence-corrected chi connectivity index (χ1v) is 10.7. The van der Waals surface area contributed by atoms with Crippen molar-refractivity contribution < 1.29 is 18.3 Å². The number of ether oxygens (including phenoxy) is 1. The lowest BCUT2D eigenvalue weighted by Gasteiger charge is -2.16. The van der Waals surface area contributed by atoms with Crippen LogP contribution in [0.2, 0.25) is 0 Å². The van der Waals surface area contributed by atoms with Crippen LogP contribution in [0, 0.1) is 11.6 Å². The zero-order chi connectivity index (χ0) is 23.3. The molecule has 0 N–H and O–H groups in total. The molecule has 0 amide bonds. The highest BCUT2D eigenvalue weighted by atomic mass is 19.1. The highest BCUT2D eigenvalue weighted by Crippen LogP contribution is 2.42. The minimum atomic E-state index is -0.599. The number of aliphatic imine (C=N–C) groups is 1. The number of hydrogen-bond acceptors (Lipinski definition) is 3. The summed E-state index contributed by atoms with van der Waals surface area (Å²) < 4.78 is 35.3. The molecule has 0 saturated carbocycles. The average molecular weight is 444 g/mol. The number of rotatable bonds is 4. The molecular weight excluding hydrogens is 422 g/mol. The van der Waals surface area contributed by atoms with E-state index in [-0.39, 0.29) is 17.3 Å². The van der Waals surface area contributed by atoms with Crippen LogP contribution < -0.4 is 0 Å². The number of benzene rings is 3. The van der Waals surface area contributed by atoms with Crippen LogP contribution in [0.4, 0.5) is 8.78 Å². The lowest BCUT2D eigenvalue weighted by molar-refractivity contribution is 0.0600. The van der Waals surface area contributed by atoms with Crippen molar-refractivity contribution in [2.45, 2.75) is 26.3 Å². The van der Waals surface area contributed by atoms with Crippen molar-refractivity contribution in [2.75, 3.05) is 7.11 Å². The maximum Gasteiger partial charge on any atom is 0.337 e. The highest BCUT2D eigenvalue weighted by molar-refractivity contribution is 6.04. The van der Waals surface area contributed by atoms with Gasteiger partial charge in [-0.15, -0.1) is 0 Å².